The summed E-state index contributed by atoms with van der Waals surface area (Å²) in [7, 11) is 1.97. The topological polar surface area (TPSA) is 56.5 Å². The molecule has 0 aromatic heterocycles. The van der Waals surface area contributed by atoms with E-state index in [2.05, 4.69) is 11.0 Å². The number of β-amino-alcohol motifs (C(OH)–C–C–N with tert-alkyl or cyclic N) is 1. The van der Waals surface area contributed by atoms with Crippen molar-refractivity contribution in [3.63, 3.8) is 0 Å². The fourth-order valence-corrected chi connectivity index (χ4v) is 3.21. The van der Waals surface area contributed by atoms with Crippen molar-refractivity contribution >= 4 is 0 Å². The van der Waals surface area contributed by atoms with Crippen LogP contribution < -0.4 is 4.74 Å². The number of likely N-dealkylation sites (tertiary alicyclic amines) is 1. The first-order valence-corrected chi connectivity index (χ1v) is 6.61. The molecule has 4 nitrogen and oxygen atoms in total. The van der Waals surface area contributed by atoms with E-state index in [1.54, 1.807) is 0 Å². The van der Waals surface area contributed by atoms with Crippen molar-refractivity contribution < 1.29 is 9.84 Å². The van der Waals surface area contributed by atoms with E-state index in [1.807, 2.05) is 31.3 Å². The van der Waals surface area contributed by atoms with Gasteiger partial charge >= 0.3 is 0 Å². The van der Waals surface area contributed by atoms with Crippen LogP contribution in [0.15, 0.2) is 24.3 Å². The predicted molar refractivity (Wildman–Crippen MR) is 70.8 cm³/mol. The number of hydrogen-bond donors (Lipinski definition) is 1. The molecule has 2 aliphatic heterocycles. The number of benzene rings is 1. The highest BCUT2D eigenvalue weighted by Crippen LogP contribution is 2.45. The number of nitriles is 1. The van der Waals surface area contributed by atoms with Gasteiger partial charge in [0.25, 0.3) is 0 Å². The smallest absolute Gasteiger partial charge is 0.125 e. The molecule has 0 radical (unpaired) electrons. The minimum Gasteiger partial charge on any atom is -0.492 e. The molecule has 3 rings (SSSR count). The Hall–Kier alpha value is -1.57. The average Bonchev–Trinajstić information content (AvgIpc) is 2.79. The molecule has 0 saturated carbocycles. The number of likely N-dealkylation sites (N-methyl/N-ethyl adjacent to an activating group) is 1. The van der Waals surface area contributed by atoms with Gasteiger partial charge in [0.05, 0.1) is 6.07 Å². The maximum atomic E-state index is 10.9. The lowest BCUT2D eigenvalue weighted by atomic mass is 9.68. The van der Waals surface area contributed by atoms with E-state index in [9.17, 15) is 10.4 Å². The highest BCUT2D eigenvalue weighted by Gasteiger charge is 2.55. The van der Waals surface area contributed by atoms with Crippen molar-refractivity contribution in [1.29, 1.82) is 5.26 Å². The number of rotatable bonds is 1. The summed E-state index contributed by atoms with van der Waals surface area (Å²) in [6.45, 7) is 1.62. The molecule has 2 heterocycles. The zero-order valence-corrected chi connectivity index (χ0v) is 11.1. The summed E-state index contributed by atoms with van der Waals surface area (Å²) in [5, 5.41) is 20.6. The quantitative estimate of drug-likeness (QED) is 0.822. The van der Waals surface area contributed by atoms with E-state index in [4.69, 9.17) is 4.74 Å². The van der Waals surface area contributed by atoms with Gasteiger partial charge in [0, 0.05) is 19.5 Å². The Kier molecular flexibility index (Phi) is 2.77. The fraction of sp³-hybridized carbons (Fsp3) is 0.533. The summed E-state index contributed by atoms with van der Waals surface area (Å²) in [5.74, 6) is 0.836. The summed E-state index contributed by atoms with van der Waals surface area (Å²) >= 11 is 0. The molecule has 0 aliphatic carbocycles. The minimum atomic E-state index is -0.982. The third kappa shape index (κ3) is 1.81. The van der Waals surface area contributed by atoms with E-state index < -0.39 is 11.0 Å². The van der Waals surface area contributed by atoms with Crippen LogP contribution in [0.25, 0.3) is 0 Å². The number of nitrogens with zero attached hydrogens (tertiary/aromatic N) is 2. The first-order chi connectivity index (χ1) is 9.09. The Bertz CT molecular complexity index is 539. The van der Waals surface area contributed by atoms with Crippen LogP contribution >= 0.6 is 0 Å². The van der Waals surface area contributed by atoms with Gasteiger partial charge in [-0.3, -0.25) is 0 Å². The molecule has 19 heavy (non-hydrogen) atoms. The summed E-state index contributed by atoms with van der Waals surface area (Å²) in [6.07, 6.45) is 1.19. The highest BCUT2D eigenvalue weighted by atomic mass is 16.5. The van der Waals surface area contributed by atoms with Crippen molar-refractivity contribution in [2.24, 2.45) is 5.41 Å². The Labute approximate surface area is 113 Å². The van der Waals surface area contributed by atoms with Gasteiger partial charge in [-0.05, 0) is 25.1 Å². The largest absolute Gasteiger partial charge is 0.492 e. The van der Waals surface area contributed by atoms with Gasteiger partial charge in [0.15, 0.2) is 0 Å². The van der Waals surface area contributed by atoms with Crippen LogP contribution in [0.3, 0.4) is 0 Å². The zero-order valence-electron chi connectivity index (χ0n) is 11.1. The molecule has 1 aromatic carbocycles. The van der Waals surface area contributed by atoms with E-state index in [1.165, 1.54) is 0 Å². The lowest BCUT2D eigenvalue weighted by molar-refractivity contribution is -0.0703. The molecule has 1 fully saturated rings. The van der Waals surface area contributed by atoms with Gasteiger partial charge in [-0.1, -0.05) is 18.2 Å². The first-order valence-electron chi connectivity index (χ1n) is 6.61. The molecule has 2 unspecified atom stereocenters. The van der Waals surface area contributed by atoms with Crippen LogP contribution in [0.1, 0.15) is 12.0 Å². The molecular weight excluding hydrogens is 240 g/mol. The second-order valence-corrected chi connectivity index (χ2v) is 5.79. The fourth-order valence-electron chi connectivity index (χ4n) is 3.21. The monoisotopic (exact) mass is 258 g/mol. The minimum absolute atomic E-state index is 0.269. The lowest BCUT2D eigenvalue weighted by Crippen LogP contribution is -2.55. The second-order valence-electron chi connectivity index (χ2n) is 5.79. The summed E-state index contributed by atoms with van der Waals surface area (Å²) in [4.78, 5) is 2.07. The molecule has 0 amide bonds. The van der Waals surface area contributed by atoms with E-state index in [0.29, 0.717) is 19.4 Å². The molecule has 1 aromatic rings. The molecule has 1 saturated heterocycles. The molecule has 0 spiro atoms. The van der Waals surface area contributed by atoms with Crippen LogP contribution in [-0.4, -0.2) is 42.4 Å². The van der Waals surface area contributed by atoms with Gasteiger partial charge in [0.1, 0.15) is 23.4 Å². The Morgan fingerprint density at radius 2 is 2.21 bits per heavy atom. The highest BCUT2D eigenvalue weighted by molar-refractivity contribution is 5.39. The van der Waals surface area contributed by atoms with E-state index >= 15 is 0 Å². The number of para-hydroxylation sites is 1. The van der Waals surface area contributed by atoms with Gasteiger partial charge in [0.2, 0.25) is 0 Å². The van der Waals surface area contributed by atoms with Gasteiger partial charge in [-0.15, -0.1) is 0 Å². The van der Waals surface area contributed by atoms with Crippen molar-refractivity contribution in [2.75, 3.05) is 26.7 Å². The van der Waals surface area contributed by atoms with Gasteiger partial charge in [-0.25, -0.2) is 0 Å². The van der Waals surface area contributed by atoms with Crippen molar-refractivity contribution in [3.8, 4) is 11.8 Å². The predicted octanol–water partition coefficient (Wildman–Crippen LogP) is 1.20. The average molecular weight is 258 g/mol. The Morgan fingerprint density at radius 1 is 1.42 bits per heavy atom. The van der Waals surface area contributed by atoms with Crippen molar-refractivity contribution in [3.05, 3.63) is 29.8 Å². The SMILES string of the molecule is CN1CCC(O)(C2(C#N)COc3ccccc3C2)C1. The molecule has 0 bridgehead atoms. The molecular formula is C15H18N2O2. The Morgan fingerprint density at radius 3 is 2.89 bits per heavy atom. The third-order valence-electron chi connectivity index (χ3n) is 4.48. The van der Waals surface area contributed by atoms with Gasteiger partial charge < -0.3 is 14.7 Å². The van der Waals surface area contributed by atoms with E-state index in [0.717, 1.165) is 17.9 Å². The summed E-state index contributed by atoms with van der Waals surface area (Å²) in [5.41, 5.74) is -0.811. The summed E-state index contributed by atoms with van der Waals surface area (Å²) < 4.78 is 5.74. The molecule has 100 valence electrons. The second kappa shape index (κ2) is 4.22. The number of fused-ring (bicyclic) bond motifs is 1. The van der Waals surface area contributed by atoms with Crippen LogP contribution in [-0.2, 0) is 6.42 Å². The first kappa shape index (κ1) is 12.5. The lowest BCUT2D eigenvalue weighted by Gasteiger charge is -2.42. The molecule has 2 aliphatic rings. The molecule has 4 heteroatoms. The molecule has 2 atom stereocenters. The number of ether oxygens (including phenoxy) is 1. The number of aliphatic hydroxyl groups is 1. The normalized spacial score (nSPS) is 34.4. The van der Waals surface area contributed by atoms with Crippen LogP contribution in [0.5, 0.6) is 5.75 Å². The maximum Gasteiger partial charge on any atom is 0.125 e. The third-order valence-corrected chi connectivity index (χ3v) is 4.48. The zero-order chi connectivity index (χ0) is 13.5. The van der Waals surface area contributed by atoms with Crippen molar-refractivity contribution in [2.45, 2.75) is 18.4 Å². The molecule has 1 N–H and O–H groups in total. The number of hydrogen-bond acceptors (Lipinski definition) is 4. The summed E-state index contributed by atoms with van der Waals surface area (Å²) in [6, 6.07) is 10.1. The van der Waals surface area contributed by atoms with Crippen LogP contribution in [0.2, 0.25) is 0 Å². The van der Waals surface area contributed by atoms with Crippen LogP contribution in [0, 0.1) is 16.7 Å². The van der Waals surface area contributed by atoms with Gasteiger partial charge in [-0.2, -0.15) is 5.26 Å². The van der Waals surface area contributed by atoms with E-state index in [-0.39, 0.29) is 6.61 Å². The standard InChI is InChI=1S/C15H18N2O2/c1-17-7-6-15(18,10-17)14(9-16)8-12-4-2-3-5-13(12)19-11-14/h2-5,18H,6-8,10-11H2,1H3. The van der Waals surface area contributed by atoms with Crippen molar-refractivity contribution in [1.82, 2.24) is 4.90 Å². The Balaban J connectivity index is 1.97. The van der Waals surface area contributed by atoms with Crippen LogP contribution in [0.4, 0.5) is 0 Å². The maximum absolute atomic E-state index is 10.9.